The normalized spacial score (nSPS) is 10.1. The molecular formula is C16H15ClFNO. The summed E-state index contributed by atoms with van der Waals surface area (Å²) in [7, 11) is 0. The van der Waals surface area contributed by atoms with E-state index in [0.29, 0.717) is 13.2 Å². The van der Waals surface area contributed by atoms with Gasteiger partial charge >= 0.3 is 0 Å². The van der Waals surface area contributed by atoms with Crippen molar-refractivity contribution in [1.82, 2.24) is 0 Å². The Morgan fingerprint density at radius 1 is 1.20 bits per heavy atom. The third kappa shape index (κ3) is 4.00. The Kier molecular flexibility index (Phi) is 5.02. The number of halogens is 2. The van der Waals surface area contributed by atoms with E-state index in [2.05, 4.69) is 11.9 Å². The topological polar surface area (TPSA) is 21.3 Å². The molecule has 0 fully saturated rings. The molecule has 0 aromatic heterocycles. The van der Waals surface area contributed by atoms with E-state index in [4.69, 9.17) is 16.3 Å². The molecule has 0 saturated heterocycles. The van der Waals surface area contributed by atoms with E-state index < -0.39 is 5.82 Å². The minimum Gasteiger partial charge on any atom is -0.490 e. The predicted octanol–water partition coefficient (Wildman–Crippen LogP) is 4.66. The van der Waals surface area contributed by atoms with Crippen LogP contribution in [-0.4, -0.2) is 6.61 Å². The van der Waals surface area contributed by atoms with Crippen molar-refractivity contribution in [2.45, 2.75) is 6.54 Å². The van der Waals surface area contributed by atoms with E-state index in [0.717, 1.165) is 17.0 Å². The van der Waals surface area contributed by atoms with Gasteiger partial charge in [-0.15, -0.1) is 0 Å². The highest BCUT2D eigenvalue weighted by Gasteiger charge is 2.01. The van der Waals surface area contributed by atoms with Crippen LogP contribution in [0.1, 0.15) is 5.56 Å². The molecule has 0 atom stereocenters. The molecule has 4 heteroatoms. The average Bonchev–Trinajstić information content (AvgIpc) is 2.47. The first-order valence-electron chi connectivity index (χ1n) is 6.20. The van der Waals surface area contributed by atoms with Crippen LogP contribution in [0.25, 0.3) is 0 Å². The van der Waals surface area contributed by atoms with Crippen molar-refractivity contribution in [2.75, 3.05) is 11.9 Å². The predicted molar refractivity (Wildman–Crippen MR) is 80.9 cm³/mol. The molecule has 0 heterocycles. The van der Waals surface area contributed by atoms with Crippen molar-refractivity contribution < 1.29 is 9.13 Å². The molecule has 0 radical (unpaired) electrons. The van der Waals surface area contributed by atoms with Crippen LogP contribution in [0.2, 0.25) is 5.02 Å². The summed E-state index contributed by atoms with van der Waals surface area (Å²) < 4.78 is 18.4. The Morgan fingerprint density at radius 3 is 2.60 bits per heavy atom. The molecule has 2 nitrogen and oxygen atoms in total. The van der Waals surface area contributed by atoms with Gasteiger partial charge in [-0.2, -0.15) is 0 Å². The Labute approximate surface area is 122 Å². The maximum absolute atomic E-state index is 13.0. The van der Waals surface area contributed by atoms with Crippen LogP contribution >= 0.6 is 11.6 Å². The Morgan fingerprint density at radius 2 is 1.95 bits per heavy atom. The van der Waals surface area contributed by atoms with E-state index in [1.54, 1.807) is 18.2 Å². The Bertz CT molecular complexity index is 584. The average molecular weight is 292 g/mol. The zero-order chi connectivity index (χ0) is 14.4. The lowest BCUT2D eigenvalue weighted by Gasteiger charge is -2.08. The molecule has 1 N–H and O–H groups in total. The summed E-state index contributed by atoms with van der Waals surface area (Å²) in [6, 6.07) is 12.3. The maximum Gasteiger partial charge on any atom is 0.141 e. The third-order valence-corrected chi connectivity index (χ3v) is 3.00. The van der Waals surface area contributed by atoms with E-state index in [1.165, 1.54) is 6.07 Å². The first-order chi connectivity index (χ1) is 9.69. The van der Waals surface area contributed by atoms with Gasteiger partial charge in [-0.05, 0) is 35.9 Å². The van der Waals surface area contributed by atoms with Crippen LogP contribution in [0.5, 0.6) is 5.75 Å². The van der Waals surface area contributed by atoms with Gasteiger partial charge in [0.2, 0.25) is 0 Å². The number of hydrogen-bond acceptors (Lipinski definition) is 2. The number of rotatable bonds is 6. The molecule has 0 unspecified atom stereocenters. The molecule has 0 bridgehead atoms. The van der Waals surface area contributed by atoms with Crippen molar-refractivity contribution in [3.63, 3.8) is 0 Å². The summed E-state index contributed by atoms with van der Waals surface area (Å²) in [5, 5.41) is 3.30. The number of benzene rings is 2. The number of anilines is 1. The van der Waals surface area contributed by atoms with Crippen molar-refractivity contribution in [2.24, 2.45) is 0 Å². The van der Waals surface area contributed by atoms with Crippen LogP contribution in [0.4, 0.5) is 10.1 Å². The van der Waals surface area contributed by atoms with Gasteiger partial charge in [0.1, 0.15) is 18.2 Å². The number of ether oxygens (including phenoxy) is 1. The lowest BCUT2D eigenvalue weighted by Crippen LogP contribution is -2.00. The summed E-state index contributed by atoms with van der Waals surface area (Å²) in [6.45, 7) is 4.72. The lowest BCUT2D eigenvalue weighted by atomic mass is 10.2. The first kappa shape index (κ1) is 14.4. The molecule has 2 aromatic carbocycles. The highest BCUT2D eigenvalue weighted by Crippen LogP contribution is 2.20. The molecular weight excluding hydrogens is 277 g/mol. The molecule has 0 saturated carbocycles. The van der Waals surface area contributed by atoms with Gasteiger partial charge in [-0.25, -0.2) is 4.39 Å². The Hall–Kier alpha value is -2.00. The first-order valence-corrected chi connectivity index (χ1v) is 6.58. The quantitative estimate of drug-likeness (QED) is 0.782. The standard InChI is InChI=1S/C16H15ClFNO/c1-2-9-20-14-6-3-12(4-7-14)11-19-13-5-8-16(18)15(17)10-13/h2-8,10,19H,1,9,11H2. The van der Waals surface area contributed by atoms with E-state index in [-0.39, 0.29) is 5.02 Å². The monoisotopic (exact) mass is 291 g/mol. The van der Waals surface area contributed by atoms with E-state index in [9.17, 15) is 4.39 Å². The SMILES string of the molecule is C=CCOc1ccc(CNc2ccc(F)c(Cl)c2)cc1. The second kappa shape index (κ2) is 6.96. The van der Waals surface area contributed by atoms with Gasteiger partial charge in [-0.3, -0.25) is 0 Å². The van der Waals surface area contributed by atoms with Gasteiger partial charge in [0.05, 0.1) is 5.02 Å². The van der Waals surface area contributed by atoms with Gasteiger partial charge in [-0.1, -0.05) is 36.4 Å². The van der Waals surface area contributed by atoms with Crippen LogP contribution in [0.3, 0.4) is 0 Å². The molecule has 0 spiro atoms. The molecule has 0 amide bonds. The summed E-state index contributed by atoms with van der Waals surface area (Å²) in [4.78, 5) is 0. The Balaban J connectivity index is 1.93. The molecule has 0 aliphatic rings. The highest BCUT2D eigenvalue weighted by molar-refractivity contribution is 6.31. The van der Waals surface area contributed by atoms with Crippen molar-refractivity contribution in [3.8, 4) is 5.75 Å². The van der Waals surface area contributed by atoms with Crippen molar-refractivity contribution in [3.05, 3.63) is 71.5 Å². The van der Waals surface area contributed by atoms with E-state index in [1.807, 2.05) is 24.3 Å². The van der Waals surface area contributed by atoms with Gasteiger partial charge in [0.25, 0.3) is 0 Å². The largest absolute Gasteiger partial charge is 0.490 e. The van der Waals surface area contributed by atoms with Gasteiger partial charge < -0.3 is 10.1 Å². The smallest absolute Gasteiger partial charge is 0.141 e. The lowest BCUT2D eigenvalue weighted by molar-refractivity contribution is 0.363. The zero-order valence-electron chi connectivity index (χ0n) is 10.9. The zero-order valence-corrected chi connectivity index (χ0v) is 11.7. The third-order valence-electron chi connectivity index (χ3n) is 2.71. The molecule has 2 rings (SSSR count). The molecule has 0 aliphatic carbocycles. The maximum atomic E-state index is 13.0. The second-order valence-corrected chi connectivity index (χ2v) is 4.63. The van der Waals surface area contributed by atoms with Crippen LogP contribution in [0.15, 0.2) is 55.1 Å². The summed E-state index contributed by atoms with van der Waals surface area (Å²) in [5.74, 6) is 0.388. The van der Waals surface area contributed by atoms with E-state index >= 15 is 0 Å². The minimum absolute atomic E-state index is 0.114. The molecule has 20 heavy (non-hydrogen) atoms. The van der Waals surface area contributed by atoms with Gasteiger partial charge in [0.15, 0.2) is 0 Å². The minimum atomic E-state index is -0.416. The highest BCUT2D eigenvalue weighted by atomic mass is 35.5. The van der Waals surface area contributed by atoms with Gasteiger partial charge in [0, 0.05) is 12.2 Å². The van der Waals surface area contributed by atoms with Crippen molar-refractivity contribution >= 4 is 17.3 Å². The number of nitrogens with one attached hydrogen (secondary N) is 1. The van der Waals surface area contributed by atoms with Crippen LogP contribution in [-0.2, 0) is 6.54 Å². The molecule has 2 aromatic rings. The molecule has 0 aliphatic heterocycles. The summed E-state index contributed by atoms with van der Waals surface area (Å²) >= 11 is 5.73. The fourth-order valence-electron chi connectivity index (χ4n) is 1.67. The molecule has 104 valence electrons. The fourth-order valence-corrected chi connectivity index (χ4v) is 1.85. The fraction of sp³-hybridized carbons (Fsp3) is 0.125. The summed E-state index contributed by atoms with van der Waals surface area (Å²) in [5.41, 5.74) is 1.87. The van der Waals surface area contributed by atoms with Crippen LogP contribution in [0, 0.1) is 5.82 Å². The summed E-state index contributed by atoms with van der Waals surface area (Å²) in [6.07, 6.45) is 1.70. The number of hydrogen-bond donors (Lipinski definition) is 1. The van der Waals surface area contributed by atoms with Crippen molar-refractivity contribution in [1.29, 1.82) is 0 Å². The second-order valence-electron chi connectivity index (χ2n) is 4.23. The van der Waals surface area contributed by atoms with Crippen LogP contribution < -0.4 is 10.1 Å².